The van der Waals surface area contributed by atoms with E-state index >= 15 is 0 Å². The summed E-state index contributed by atoms with van der Waals surface area (Å²) in [5.41, 5.74) is 1.75. The number of ether oxygens (including phenoxy) is 1. The standard InChI is InChI=1S/C15H25FN2O/c1-14(2,3)12-11(18-15(4,5)6)8-10(9-19-7)13(16)17-12/h8,18H,9H2,1-7H3. The lowest BCUT2D eigenvalue weighted by atomic mass is 9.89. The van der Waals surface area contributed by atoms with E-state index in [9.17, 15) is 4.39 Å². The minimum absolute atomic E-state index is 0.107. The van der Waals surface area contributed by atoms with Gasteiger partial charge in [-0.2, -0.15) is 4.39 Å². The van der Waals surface area contributed by atoms with Crippen LogP contribution >= 0.6 is 0 Å². The molecule has 0 saturated heterocycles. The van der Waals surface area contributed by atoms with Crippen molar-refractivity contribution in [3.8, 4) is 0 Å². The molecule has 0 saturated carbocycles. The second-order valence-corrected chi connectivity index (χ2v) is 6.89. The van der Waals surface area contributed by atoms with E-state index in [4.69, 9.17) is 4.74 Å². The largest absolute Gasteiger partial charge is 0.380 e. The van der Waals surface area contributed by atoms with E-state index in [1.807, 2.05) is 20.8 Å². The van der Waals surface area contributed by atoms with Crippen LogP contribution in [0.25, 0.3) is 0 Å². The summed E-state index contributed by atoms with van der Waals surface area (Å²) in [6.07, 6.45) is 0. The number of methoxy groups -OCH3 is 1. The van der Waals surface area contributed by atoms with E-state index < -0.39 is 5.95 Å². The van der Waals surface area contributed by atoms with Gasteiger partial charge < -0.3 is 10.1 Å². The van der Waals surface area contributed by atoms with Crippen molar-refractivity contribution in [3.63, 3.8) is 0 Å². The Morgan fingerprint density at radius 2 is 1.79 bits per heavy atom. The van der Waals surface area contributed by atoms with E-state index in [1.165, 1.54) is 0 Å². The molecule has 1 N–H and O–H groups in total. The van der Waals surface area contributed by atoms with Gasteiger partial charge in [0.05, 0.1) is 18.0 Å². The normalized spacial score (nSPS) is 12.6. The van der Waals surface area contributed by atoms with Gasteiger partial charge in [0.15, 0.2) is 0 Å². The second-order valence-electron chi connectivity index (χ2n) is 6.89. The third-order valence-corrected chi connectivity index (χ3v) is 2.57. The number of nitrogens with zero attached hydrogens (tertiary/aromatic N) is 1. The maximum Gasteiger partial charge on any atom is 0.218 e. The summed E-state index contributed by atoms with van der Waals surface area (Å²) in [6.45, 7) is 12.5. The molecular weight excluding hydrogens is 243 g/mol. The zero-order valence-corrected chi connectivity index (χ0v) is 13.0. The van der Waals surface area contributed by atoms with Gasteiger partial charge in [-0.1, -0.05) is 20.8 Å². The molecule has 1 aromatic rings. The molecule has 0 amide bonds. The highest BCUT2D eigenvalue weighted by Crippen LogP contribution is 2.31. The molecule has 0 spiro atoms. The number of hydrogen-bond donors (Lipinski definition) is 1. The van der Waals surface area contributed by atoms with Crippen LogP contribution in [0, 0.1) is 5.95 Å². The third kappa shape index (κ3) is 4.46. The first-order valence-electron chi connectivity index (χ1n) is 6.51. The Labute approximate surface area is 115 Å². The molecule has 0 aliphatic heterocycles. The highest BCUT2D eigenvalue weighted by molar-refractivity contribution is 5.54. The van der Waals surface area contributed by atoms with Crippen LogP contribution < -0.4 is 5.32 Å². The summed E-state index contributed by atoms with van der Waals surface area (Å²) >= 11 is 0. The average Bonchev–Trinajstić information content (AvgIpc) is 2.19. The first kappa shape index (κ1) is 15.9. The summed E-state index contributed by atoms with van der Waals surface area (Å²) in [5.74, 6) is -0.453. The van der Waals surface area contributed by atoms with Gasteiger partial charge in [0.25, 0.3) is 0 Å². The van der Waals surface area contributed by atoms with Gasteiger partial charge >= 0.3 is 0 Å². The number of aromatic nitrogens is 1. The summed E-state index contributed by atoms with van der Waals surface area (Å²) in [7, 11) is 1.55. The number of anilines is 1. The quantitative estimate of drug-likeness (QED) is 0.845. The highest BCUT2D eigenvalue weighted by Gasteiger charge is 2.24. The van der Waals surface area contributed by atoms with Crippen LogP contribution in [0.2, 0.25) is 0 Å². The van der Waals surface area contributed by atoms with Crippen LogP contribution in [-0.2, 0) is 16.8 Å². The van der Waals surface area contributed by atoms with Gasteiger partial charge in [-0.25, -0.2) is 4.98 Å². The molecule has 0 unspecified atom stereocenters. The first-order chi connectivity index (χ1) is 8.54. The van der Waals surface area contributed by atoms with Crippen molar-refractivity contribution < 1.29 is 9.13 Å². The molecule has 1 heterocycles. The van der Waals surface area contributed by atoms with E-state index in [1.54, 1.807) is 13.2 Å². The lowest BCUT2D eigenvalue weighted by molar-refractivity contribution is 0.180. The van der Waals surface area contributed by atoms with E-state index in [2.05, 4.69) is 31.1 Å². The summed E-state index contributed by atoms with van der Waals surface area (Å²) in [4.78, 5) is 4.14. The Morgan fingerprint density at radius 1 is 1.21 bits per heavy atom. The van der Waals surface area contributed by atoms with Crippen LogP contribution in [0.1, 0.15) is 52.8 Å². The smallest absolute Gasteiger partial charge is 0.218 e. The Kier molecular flexibility index (Phi) is 4.56. The molecule has 0 fully saturated rings. The first-order valence-corrected chi connectivity index (χ1v) is 6.51. The zero-order chi connectivity index (χ0) is 14.8. The minimum Gasteiger partial charge on any atom is -0.380 e. The third-order valence-electron chi connectivity index (χ3n) is 2.57. The maximum atomic E-state index is 14.0. The monoisotopic (exact) mass is 268 g/mol. The van der Waals surface area contributed by atoms with Crippen molar-refractivity contribution in [2.75, 3.05) is 12.4 Å². The molecule has 0 atom stereocenters. The Morgan fingerprint density at radius 3 is 2.21 bits per heavy atom. The summed E-state index contributed by atoms with van der Waals surface area (Å²) in [6, 6.07) is 1.80. The van der Waals surface area contributed by atoms with Crippen LogP contribution in [-0.4, -0.2) is 17.6 Å². The maximum absolute atomic E-state index is 14.0. The van der Waals surface area contributed by atoms with Gasteiger partial charge in [-0.05, 0) is 26.8 Å². The number of hydrogen-bond acceptors (Lipinski definition) is 3. The predicted molar refractivity (Wildman–Crippen MR) is 77.0 cm³/mol. The SMILES string of the molecule is COCc1cc(NC(C)(C)C)c(C(C)(C)C)nc1F. The van der Waals surface area contributed by atoms with Gasteiger partial charge in [-0.15, -0.1) is 0 Å². The van der Waals surface area contributed by atoms with Crippen LogP contribution in [0.3, 0.4) is 0 Å². The highest BCUT2D eigenvalue weighted by atomic mass is 19.1. The van der Waals surface area contributed by atoms with Crippen molar-refractivity contribution in [1.29, 1.82) is 0 Å². The summed E-state index contributed by atoms with van der Waals surface area (Å²) < 4.78 is 19.0. The predicted octanol–water partition coefficient (Wildman–Crippen LogP) is 3.88. The average molecular weight is 268 g/mol. The fourth-order valence-corrected chi connectivity index (χ4v) is 1.86. The number of pyridine rings is 1. The van der Waals surface area contributed by atoms with Gasteiger partial charge in [0, 0.05) is 23.6 Å². The van der Waals surface area contributed by atoms with Gasteiger partial charge in [-0.3, -0.25) is 0 Å². The molecular formula is C15H25FN2O. The minimum atomic E-state index is -0.453. The van der Waals surface area contributed by atoms with Crippen molar-refractivity contribution >= 4 is 5.69 Å². The molecule has 19 heavy (non-hydrogen) atoms. The number of nitrogens with one attached hydrogen (secondary N) is 1. The van der Waals surface area contributed by atoms with Crippen molar-refractivity contribution in [2.24, 2.45) is 0 Å². The van der Waals surface area contributed by atoms with Crippen LogP contribution in [0.15, 0.2) is 6.07 Å². The van der Waals surface area contributed by atoms with Crippen molar-refractivity contribution in [1.82, 2.24) is 4.98 Å². The van der Waals surface area contributed by atoms with Gasteiger partial charge in [0.2, 0.25) is 5.95 Å². The fraction of sp³-hybridized carbons (Fsp3) is 0.667. The van der Waals surface area contributed by atoms with Crippen molar-refractivity contribution in [2.45, 2.75) is 59.1 Å². The fourth-order valence-electron chi connectivity index (χ4n) is 1.86. The molecule has 0 aliphatic rings. The lowest BCUT2D eigenvalue weighted by Crippen LogP contribution is -2.29. The molecule has 3 nitrogen and oxygen atoms in total. The summed E-state index contributed by atoms with van der Waals surface area (Å²) in [5, 5.41) is 3.40. The Balaban J connectivity index is 3.33. The lowest BCUT2D eigenvalue weighted by Gasteiger charge is -2.28. The molecule has 0 aliphatic carbocycles. The molecule has 4 heteroatoms. The zero-order valence-electron chi connectivity index (χ0n) is 13.0. The van der Waals surface area contributed by atoms with Crippen molar-refractivity contribution in [3.05, 3.63) is 23.3 Å². The van der Waals surface area contributed by atoms with E-state index in [0.29, 0.717) is 5.56 Å². The second kappa shape index (κ2) is 5.45. The Hall–Kier alpha value is -1.16. The van der Waals surface area contributed by atoms with Crippen LogP contribution in [0.4, 0.5) is 10.1 Å². The molecule has 0 aromatic carbocycles. The number of rotatable bonds is 3. The van der Waals surface area contributed by atoms with Gasteiger partial charge in [0.1, 0.15) is 0 Å². The molecule has 0 radical (unpaired) electrons. The number of halogens is 1. The topological polar surface area (TPSA) is 34.1 Å². The molecule has 1 aromatic heterocycles. The van der Waals surface area contributed by atoms with E-state index in [-0.39, 0.29) is 17.6 Å². The van der Waals surface area contributed by atoms with Crippen LogP contribution in [0.5, 0.6) is 0 Å². The van der Waals surface area contributed by atoms with E-state index in [0.717, 1.165) is 11.4 Å². The Bertz CT molecular complexity index is 445. The molecule has 0 bridgehead atoms. The molecule has 1 rings (SSSR count). The molecule has 108 valence electrons.